The molecule has 0 bridgehead atoms. The summed E-state index contributed by atoms with van der Waals surface area (Å²) in [5, 5.41) is 1.27. The van der Waals surface area contributed by atoms with Crippen molar-refractivity contribution < 1.29 is 9.53 Å². The first kappa shape index (κ1) is 25.0. The van der Waals surface area contributed by atoms with E-state index in [0.717, 1.165) is 60.1 Å². The number of fused-ring (bicyclic) bond motifs is 3. The molecule has 1 atom stereocenters. The normalized spacial score (nSPS) is 18.4. The van der Waals surface area contributed by atoms with Crippen molar-refractivity contribution in [3.05, 3.63) is 46.1 Å². The van der Waals surface area contributed by atoms with E-state index in [1.54, 1.807) is 0 Å². The van der Waals surface area contributed by atoms with Gasteiger partial charge in [-0.3, -0.25) is 4.79 Å². The van der Waals surface area contributed by atoms with E-state index in [4.69, 9.17) is 14.7 Å². The lowest BCUT2D eigenvalue weighted by Gasteiger charge is -2.36. The van der Waals surface area contributed by atoms with E-state index in [-0.39, 0.29) is 12.5 Å². The Kier molecular flexibility index (Phi) is 6.95. The lowest BCUT2D eigenvalue weighted by atomic mass is 9.72. The largest absolute Gasteiger partial charge is 0.484 e. The highest BCUT2D eigenvalue weighted by atomic mass is 32.1. The topological polar surface area (TPSA) is 58.6 Å². The zero-order valence-electron chi connectivity index (χ0n) is 22.3. The minimum absolute atomic E-state index is 0.0411. The van der Waals surface area contributed by atoms with Crippen molar-refractivity contribution in [2.24, 2.45) is 11.3 Å². The minimum Gasteiger partial charge on any atom is -0.484 e. The van der Waals surface area contributed by atoms with Gasteiger partial charge in [-0.1, -0.05) is 39.8 Å². The van der Waals surface area contributed by atoms with Gasteiger partial charge in [-0.15, -0.1) is 11.3 Å². The number of ether oxygens (including phenoxy) is 1. The number of aromatic nitrogens is 2. The van der Waals surface area contributed by atoms with Crippen molar-refractivity contribution in [2.75, 3.05) is 37.7 Å². The number of carbonyl (C=O) groups excluding carboxylic acids is 1. The number of nitrogens with zero attached hydrogens (tertiary/aromatic N) is 4. The van der Waals surface area contributed by atoms with E-state index in [9.17, 15) is 4.79 Å². The van der Waals surface area contributed by atoms with Gasteiger partial charge >= 0.3 is 0 Å². The van der Waals surface area contributed by atoms with Gasteiger partial charge in [0.05, 0.1) is 5.39 Å². The molecule has 0 unspecified atom stereocenters. The van der Waals surface area contributed by atoms with E-state index in [1.807, 2.05) is 47.4 Å². The molecule has 3 heterocycles. The molecule has 5 rings (SSSR count). The predicted molar refractivity (Wildman–Crippen MR) is 147 cm³/mol. The van der Waals surface area contributed by atoms with Crippen LogP contribution in [-0.2, 0) is 24.1 Å². The Hall–Kier alpha value is -2.67. The van der Waals surface area contributed by atoms with E-state index in [2.05, 4.69) is 32.6 Å². The number of piperazine rings is 1. The van der Waals surface area contributed by atoms with Gasteiger partial charge in [0.15, 0.2) is 6.61 Å². The standard InChI is InChI=1S/C29H38N4O2S/c1-6-24-30-27(26-22-11-10-20(29(3,4)5)17-23(22)36-28(26)31-24)33-14-12-32(13-15-33)25(34)18-35-21-9-7-8-19(2)16-21/h7-9,16,20H,6,10-15,17-18H2,1-5H3/t20-/m0/s1. The third-order valence-corrected chi connectivity index (χ3v) is 8.91. The monoisotopic (exact) mass is 506 g/mol. The van der Waals surface area contributed by atoms with Crippen molar-refractivity contribution in [3.8, 4) is 5.75 Å². The van der Waals surface area contributed by atoms with Gasteiger partial charge in [0.2, 0.25) is 0 Å². The zero-order valence-corrected chi connectivity index (χ0v) is 23.1. The highest BCUT2D eigenvalue weighted by molar-refractivity contribution is 7.19. The highest BCUT2D eigenvalue weighted by Crippen LogP contribution is 2.45. The van der Waals surface area contributed by atoms with Crippen LogP contribution in [0.1, 0.15) is 55.9 Å². The summed E-state index contributed by atoms with van der Waals surface area (Å²) >= 11 is 1.88. The van der Waals surface area contributed by atoms with Crippen LogP contribution in [0, 0.1) is 18.3 Å². The second-order valence-electron chi connectivity index (χ2n) is 11.3. The van der Waals surface area contributed by atoms with Crippen LogP contribution in [0.2, 0.25) is 0 Å². The van der Waals surface area contributed by atoms with E-state index in [1.165, 1.54) is 22.2 Å². The molecule has 0 spiro atoms. The van der Waals surface area contributed by atoms with Crippen molar-refractivity contribution in [1.82, 2.24) is 14.9 Å². The van der Waals surface area contributed by atoms with Crippen LogP contribution in [0.25, 0.3) is 10.2 Å². The van der Waals surface area contributed by atoms with Crippen molar-refractivity contribution >= 4 is 33.3 Å². The molecular weight excluding hydrogens is 468 g/mol. The van der Waals surface area contributed by atoms with Crippen LogP contribution in [-0.4, -0.2) is 53.6 Å². The second-order valence-corrected chi connectivity index (χ2v) is 12.4. The van der Waals surface area contributed by atoms with E-state index in [0.29, 0.717) is 24.4 Å². The Morgan fingerprint density at radius 1 is 1.17 bits per heavy atom. The molecule has 192 valence electrons. The Morgan fingerprint density at radius 3 is 2.64 bits per heavy atom. The number of carbonyl (C=O) groups is 1. The Morgan fingerprint density at radius 2 is 1.94 bits per heavy atom. The van der Waals surface area contributed by atoms with Gasteiger partial charge in [-0.2, -0.15) is 0 Å². The first-order valence-corrected chi connectivity index (χ1v) is 14.1. The van der Waals surface area contributed by atoms with Crippen LogP contribution in [0.3, 0.4) is 0 Å². The zero-order chi connectivity index (χ0) is 25.4. The van der Waals surface area contributed by atoms with E-state index >= 15 is 0 Å². The molecule has 2 aromatic heterocycles. The molecule has 7 heteroatoms. The molecule has 1 aliphatic carbocycles. The summed E-state index contributed by atoms with van der Waals surface area (Å²) in [5.41, 5.74) is 2.92. The van der Waals surface area contributed by atoms with Gasteiger partial charge in [0.25, 0.3) is 5.91 Å². The predicted octanol–water partition coefficient (Wildman–Crippen LogP) is 5.44. The number of benzene rings is 1. The molecule has 1 saturated heterocycles. The van der Waals surface area contributed by atoms with Gasteiger partial charge < -0.3 is 14.5 Å². The molecule has 1 aliphatic heterocycles. The maximum Gasteiger partial charge on any atom is 0.260 e. The number of amides is 1. The summed E-state index contributed by atoms with van der Waals surface area (Å²) < 4.78 is 5.76. The number of aryl methyl sites for hydroxylation is 3. The lowest BCUT2D eigenvalue weighted by molar-refractivity contribution is -0.133. The average molecular weight is 507 g/mol. The first-order valence-electron chi connectivity index (χ1n) is 13.3. The quantitative estimate of drug-likeness (QED) is 0.461. The Bertz CT molecular complexity index is 1250. The summed E-state index contributed by atoms with van der Waals surface area (Å²) in [6, 6.07) is 7.83. The van der Waals surface area contributed by atoms with Gasteiger partial charge in [0.1, 0.15) is 22.2 Å². The molecule has 2 aliphatic rings. The van der Waals surface area contributed by atoms with Crippen molar-refractivity contribution in [2.45, 2.75) is 60.3 Å². The average Bonchev–Trinajstić information content (AvgIpc) is 3.24. The summed E-state index contributed by atoms with van der Waals surface area (Å²) in [4.78, 5) is 29.7. The molecule has 1 aromatic carbocycles. The minimum atomic E-state index is 0.0411. The summed E-state index contributed by atoms with van der Waals surface area (Å²) in [6.45, 7) is 14.2. The molecular formula is C29H38N4O2S. The molecule has 0 saturated carbocycles. The Balaban J connectivity index is 1.31. The summed E-state index contributed by atoms with van der Waals surface area (Å²) in [6.07, 6.45) is 4.29. The van der Waals surface area contributed by atoms with Crippen molar-refractivity contribution in [1.29, 1.82) is 0 Å². The van der Waals surface area contributed by atoms with Crippen LogP contribution in [0.4, 0.5) is 5.82 Å². The number of anilines is 1. The van der Waals surface area contributed by atoms with Crippen LogP contribution in [0.5, 0.6) is 5.75 Å². The maximum absolute atomic E-state index is 12.8. The molecule has 0 N–H and O–H groups in total. The van der Waals surface area contributed by atoms with Crippen LogP contribution >= 0.6 is 11.3 Å². The molecule has 1 amide bonds. The molecule has 0 radical (unpaired) electrons. The fourth-order valence-corrected chi connectivity index (χ4v) is 6.75. The third kappa shape index (κ3) is 5.08. The number of rotatable bonds is 5. The fourth-order valence-electron chi connectivity index (χ4n) is 5.44. The molecule has 6 nitrogen and oxygen atoms in total. The first-order chi connectivity index (χ1) is 17.2. The SMILES string of the molecule is CCc1nc(N2CCN(C(=O)COc3cccc(C)c3)CC2)c2c3c(sc2n1)C[C@@H](C(C)(C)C)CC3. The number of hydrogen-bond acceptors (Lipinski definition) is 6. The second kappa shape index (κ2) is 10.0. The summed E-state index contributed by atoms with van der Waals surface area (Å²) in [5.74, 6) is 3.48. The smallest absolute Gasteiger partial charge is 0.260 e. The van der Waals surface area contributed by atoms with E-state index < -0.39 is 0 Å². The van der Waals surface area contributed by atoms with Gasteiger partial charge in [-0.25, -0.2) is 9.97 Å². The number of hydrogen-bond donors (Lipinski definition) is 0. The fraction of sp³-hybridized carbons (Fsp3) is 0.552. The summed E-state index contributed by atoms with van der Waals surface area (Å²) in [7, 11) is 0. The third-order valence-electron chi connectivity index (χ3n) is 7.76. The van der Waals surface area contributed by atoms with Crippen molar-refractivity contribution in [3.63, 3.8) is 0 Å². The number of thiophene rings is 1. The molecule has 1 fully saturated rings. The lowest BCUT2D eigenvalue weighted by Crippen LogP contribution is -2.50. The molecule has 36 heavy (non-hydrogen) atoms. The van der Waals surface area contributed by atoms with Gasteiger partial charge in [0, 0.05) is 37.5 Å². The van der Waals surface area contributed by atoms with Crippen LogP contribution < -0.4 is 9.64 Å². The van der Waals surface area contributed by atoms with Gasteiger partial charge in [-0.05, 0) is 60.8 Å². The van der Waals surface area contributed by atoms with Crippen LogP contribution in [0.15, 0.2) is 24.3 Å². The molecule has 3 aromatic rings. The highest BCUT2D eigenvalue weighted by Gasteiger charge is 2.33. The Labute approximate surface area is 218 Å². The maximum atomic E-state index is 12.8.